The molecule has 1 aromatic heterocycles. The number of aromatic nitrogens is 1. The van der Waals surface area contributed by atoms with Crippen LogP contribution in [0.3, 0.4) is 0 Å². The fraction of sp³-hybridized carbons (Fsp3) is 0.667. The number of rotatable bonds is 2. The first-order valence-electron chi connectivity index (χ1n) is 7.38. The average molecular weight is 324 g/mol. The van der Waals surface area contributed by atoms with E-state index in [1.165, 1.54) is 44.2 Å². The molecule has 2 saturated heterocycles. The van der Waals surface area contributed by atoms with E-state index in [-0.39, 0.29) is 0 Å². The molecule has 0 amide bonds. The minimum absolute atomic E-state index is 0.629. The Kier molecular flexibility index (Phi) is 4.08. The maximum Gasteiger partial charge on any atom is 0.129 e. The number of anilines is 1. The zero-order valence-corrected chi connectivity index (χ0v) is 13.1. The fourth-order valence-electron chi connectivity index (χ4n) is 3.38. The van der Waals surface area contributed by atoms with Crippen LogP contribution in [0.2, 0.25) is 0 Å². The molecule has 2 atom stereocenters. The van der Waals surface area contributed by atoms with Crippen LogP contribution in [0.25, 0.3) is 0 Å². The third-order valence-corrected chi connectivity index (χ3v) is 5.27. The van der Waals surface area contributed by atoms with Crippen molar-refractivity contribution in [2.45, 2.75) is 51.1 Å². The van der Waals surface area contributed by atoms with Gasteiger partial charge < -0.3 is 10.2 Å². The molecule has 2 unspecified atom stereocenters. The molecule has 19 heavy (non-hydrogen) atoms. The molecular formula is C15H22BrN3. The van der Waals surface area contributed by atoms with Crippen LogP contribution < -0.4 is 10.2 Å². The smallest absolute Gasteiger partial charge is 0.129 e. The summed E-state index contributed by atoms with van der Waals surface area (Å²) in [6, 6.07) is 3.51. The van der Waals surface area contributed by atoms with Crippen LogP contribution in [-0.2, 0) is 0 Å². The van der Waals surface area contributed by atoms with Crippen LogP contribution in [0.1, 0.15) is 37.7 Å². The SMILES string of the molecule is Cc1cc(N2CCCCC2C2CCCN2)ncc1Br. The molecule has 2 aliphatic rings. The second kappa shape index (κ2) is 5.80. The highest BCUT2D eigenvalue weighted by atomic mass is 79.9. The van der Waals surface area contributed by atoms with Crippen molar-refractivity contribution < 1.29 is 0 Å². The first kappa shape index (κ1) is 13.4. The van der Waals surface area contributed by atoms with E-state index in [9.17, 15) is 0 Å². The van der Waals surface area contributed by atoms with Crippen molar-refractivity contribution >= 4 is 21.7 Å². The molecule has 0 aliphatic carbocycles. The van der Waals surface area contributed by atoms with Gasteiger partial charge in [0.2, 0.25) is 0 Å². The van der Waals surface area contributed by atoms with Crippen molar-refractivity contribution in [2.24, 2.45) is 0 Å². The van der Waals surface area contributed by atoms with Gasteiger partial charge >= 0.3 is 0 Å². The van der Waals surface area contributed by atoms with Gasteiger partial charge in [0.25, 0.3) is 0 Å². The average Bonchev–Trinajstić information content (AvgIpc) is 2.96. The number of nitrogens with zero attached hydrogens (tertiary/aromatic N) is 2. The molecule has 2 aliphatic heterocycles. The van der Waals surface area contributed by atoms with Crippen molar-refractivity contribution in [1.82, 2.24) is 10.3 Å². The summed E-state index contributed by atoms with van der Waals surface area (Å²) < 4.78 is 1.10. The summed E-state index contributed by atoms with van der Waals surface area (Å²) in [5, 5.41) is 3.67. The molecule has 1 aromatic rings. The lowest BCUT2D eigenvalue weighted by Crippen LogP contribution is -2.50. The van der Waals surface area contributed by atoms with Gasteiger partial charge in [0, 0.05) is 29.3 Å². The minimum atomic E-state index is 0.629. The van der Waals surface area contributed by atoms with Crippen LogP contribution in [0, 0.1) is 6.92 Å². The van der Waals surface area contributed by atoms with Crippen molar-refractivity contribution in [3.8, 4) is 0 Å². The van der Waals surface area contributed by atoms with E-state index in [1.54, 1.807) is 0 Å². The summed E-state index contributed by atoms with van der Waals surface area (Å²) in [4.78, 5) is 7.17. The largest absolute Gasteiger partial charge is 0.352 e. The molecule has 2 fully saturated rings. The van der Waals surface area contributed by atoms with Crippen molar-refractivity contribution in [3.63, 3.8) is 0 Å². The third kappa shape index (κ3) is 2.79. The van der Waals surface area contributed by atoms with Crippen LogP contribution in [0.15, 0.2) is 16.7 Å². The highest BCUT2D eigenvalue weighted by molar-refractivity contribution is 9.10. The monoisotopic (exact) mass is 323 g/mol. The van der Waals surface area contributed by atoms with Crippen LogP contribution >= 0.6 is 15.9 Å². The predicted molar refractivity (Wildman–Crippen MR) is 82.7 cm³/mol. The molecule has 3 rings (SSSR count). The zero-order valence-electron chi connectivity index (χ0n) is 11.5. The Morgan fingerprint density at radius 1 is 1.32 bits per heavy atom. The highest BCUT2D eigenvalue weighted by Crippen LogP contribution is 2.29. The van der Waals surface area contributed by atoms with Crippen molar-refractivity contribution in [1.29, 1.82) is 0 Å². The number of aryl methyl sites for hydroxylation is 1. The van der Waals surface area contributed by atoms with Gasteiger partial charge in [0.15, 0.2) is 0 Å². The van der Waals surface area contributed by atoms with Gasteiger partial charge in [-0.25, -0.2) is 4.98 Å². The van der Waals surface area contributed by atoms with Gasteiger partial charge in [0.1, 0.15) is 5.82 Å². The molecular weight excluding hydrogens is 302 g/mol. The number of halogens is 1. The summed E-state index contributed by atoms with van der Waals surface area (Å²) in [5.74, 6) is 1.15. The van der Waals surface area contributed by atoms with E-state index in [0.717, 1.165) is 16.8 Å². The lowest BCUT2D eigenvalue weighted by Gasteiger charge is -2.40. The summed E-state index contributed by atoms with van der Waals surface area (Å²) >= 11 is 3.54. The van der Waals surface area contributed by atoms with Crippen LogP contribution in [0.5, 0.6) is 0 Å². The van der Waals surface area contributed by atoms with Crippen LogP contribution in [0.4, 0.5) is 5.82 Å². The van der Waals surface area contributed by atoms with Gasteiger partial charge in [-0.2, -0.15) is 0 Å². The molecule has 104 valence electrons. The lowest BCUT2D eigenvalue weighted by atomic mass is 9.94. The maximum atomic E-state index is 4.64. The molecule has 1 N–H and O–H groups in total. The van der Waals surface area contributed by atoms with Crippen molar-refractivity contribution in [3.05, 3.63) is 22.3 Å². The molecule has 0 spiro atoms. The summed E-state index contributed by atoms with van der Waals surface area (Å²) in [6.07, 6.45) is 8.53. The highest BCUT2D eigenvalue weighted by Gasteiger charge is 2.32. The van der Waals surface area contributed by atoms with Crippen molar-refractivity contribution in [2.75, 3.05) is 18.0 Å². The topological polar surface area (TPSA) is 28.2 Å². The van der Waals surface area contributed by atoms with E-state index in [0.29, 0.717) is 12.1 Å². The summed E-state index contributed by atoms with van der Waals surface area (Å²) in [7, 11) is 0. The number of hydrogen-bond donors (Lipinski definition) is 1. The molecule has 0 bridgehead atoms. The molecule has 0 saturated carbocycles. The Balaban J connectivity index is 1.84. The van der Waals surface area contributed by atoms with Gasteiger partial charge in [-0.1, -0.05) is 0 Å². The van der Waals surface area contributed by atoms with E-state index < -0.39 is 0 Å². The molecule has 0 aromatic carbocycles. The Labute approximate surface area is 123 Å². The van der Waals surface area contributed by atoms with E-state index >= 15 is 0 Å². The first-order valence-corrected chi connectivity index (χ1v) is 8.17. The second-order valence-corrected chi connectivity index (χ2v) is 6.61. The standard InChI is InChI=1S/C15H22BrN3/c1-11-9-15(18-10-12(11)16)19-8-3-2-6-14(19)13-5-4-7-17-13/h9-10,13-14,17H,2-8H2,1H3. The van der Waals surface area contributed by atoms with E-state index in [4.69, 9.17) is 0 Å². The number of nitrogens with one attached hydrogen (secondary N) is 1. The summed E-state index contributed by atoms with van der Waals surface area (Å²) in [5.41, 5.74) is 1.27. The Morgan fingerprint density at radius 3 is 2.95 bits per heavy atom. The Morgan fingerprint density at radius 2 is 2.21 bits per heavy atom. The molecule has 4 heteroatoms. The Bertz CT molecular complexity index is 443. The van der Waals surface area contributed by atoms with Gasteiger partial charge in [-0.05, 0) is 73.1 Å². The van der Waals surface area contributed by atoms with Gasteiger partial charge in [-0.15, -0.1) is 0 Å². The Hall–Kier alpha value is -0.610. The quantitative estimate of drug-likeness (QED) is 0.905. The maximum absolute atomic E-state index is 4.64. The van der Waals surface area contributed by atoms with Gasteiger partial charge in [0.05, 0.1) is 0 Å². The lowest BCUT2D eigenvalue weighted by molar-refractivity contribution is 0.376. The minimum Gasteiger partial charge on any atom is -0.352 e. The zero-order chi connectivity index (χ0) is 13.2. The summed E-state index contributed by atoms with van der Waals surface area (Å²) in [6.45, 7) is 4.47. The molecule has 3 heterocycles. The normalized spacial score (nSPS) is 27.8. The van der Waals surface area contributed by atoms with E-state index in [2.05, 4.69) is 44.1 Å². The first-order chi connectivity index (χ1) is 9.25. The van der Waals surface area contributed by atoms with Gasteiger partial charge in [-0.3, -0.25) is 0 Å². The number of hydrogen-bond acceptors (Lipinski definition) is 3. The van der Waals surface area contributed by atoms with E-state index in [1.807, 2.05) is 6.20 Å². The molecule has 0 radical (unpaired) electrons. The fourth-order valence-corrected chi connectivity index (χ4v) is 3.60. The second-order valence-electron chi connectivity index (χ2n) is 5.75. The number of piperidine rings is 1. The molecule has 3 nitrogen and oxygen atoms in total. The van der Waals surface area contributed by atoms with Crippen LogP contribution in [-0.4, -0.2) is 30.2 Å². The number of pyridine rings is 1. The predicted octanol–water partition coefficient (Wildman–Crippen LogP) is 3.26. The third-order valence-electron chi connectivity index (χ3n) is 4.44.